The van der Waals surface area contributed by atoms with Gasteiger partial charge in [-0.1, -0.05) is 38.1 Å². The van der Waals surface area contributed by atoms with Crippen LogP contribution in [0, 0.1) is 0 Å². The van der Waals surface area contributed by atoms with E-state index in [4.69, 9.17) is 0 Å². The summed E-state index contributed by atoms with van der Waals surface area (Å²) in [5.41, 5.74) is 5.19. The number of amides is 1. The molecule has 1 N–H and O–H groups in total. The maximum atomic E-state index is 11.7. The van der Waals surface area contributed by atoms with E-state index in [0.29, 0.717) is 11.5 Å². The zero-order chi connectivity index (χ0) is 14.4. The molecule has 1 heterocycles. The van der Waals surface area contributed by atoms with Crippen molar-refractivity contribution in [2.75, 3.05) is 0 Å². The number of hydrazone groups is 1. The highest BCUT2D eigenvalue weighted by molar-refractivity contribution is 5.94. The fourth-order valence-corrected chi connectivity index (χ4v) is 1.69. The summed E-state index contributed by atoms with van der Waals surface area (Å²) in [5, 5.41) is 3.94. The third-order valence-corrected chi connectivity index (χ3v) is 2.91. The van der Waals surface area contributed by atoms with Crippen molar-refractivity contribution in [3.05, 3.63) is 65.5 Å². The van der Waals surface area contributed by atoms with Crippen LogP contribution in [0.1, 0.15) is 41.3 Å². The van der Waals surface area contributed by atoms with Crippen molar-refractivity contribution in [2.45, 2.75) is 19.8 Å². The van der Waals surface area contributed by atoms with E-state index in [2.05, 4.69) is 41.5 Å². The SMILES string of the molecule is CC(C)c1ccc(C=NNC(=O)c2cccnc2)cc1. The van der Waals surface area contributed by atoms with Crippen LogP contribution < -0.4 is 5.43 Å². The summed E-state index contributed by atoms with van der Waals surface area (Å²) < 4.78 is 0. The van der Waals surface area contributed by atoms with Gasteiger partial charge in [0.25, 0.3) is 5.91 Å². The van der Waals surface area contributed by atoms with Gasteiger partial charge >= 0.3 is 0 Å². The largest absolute Gasteiger partial charge is 0.272 e. The molecule has 2 rings (SSSR count). The Morgan fingerprint density at radius 2 is 2.00 bits per heavy atom. The lowest BCUT2D eigenvalue weighted by molar-refractivity contribution is 0.0955. The number of pyridine rings is 1. The predicted molar refractivity (Wildman–Crippen MR) is 79.8 cm³/mol. The molecule has 20 heavy (non-hydrogen) atoms. The molecule has 1 aromatic heterocycles. The van der Waals surface area contributed by atoms with Gasteiger partial charge in [-0.25, -0.2) is 5.43 Å². The van der Waals surface area contributed by atoms with Gasteiger partial charge in [0.15, 0.2) is 0 Å². The van der Waals surface area contributed by atoms with Crippen LogP contribution in [0.3, 0.4) is 0 Å². The first-order valence-electron chi connectivity index (χ1n) is 6.50. The average molecular weight is 267 g/mol. The van der Waals surface area contributed by atoms with Crippen molar-refractivity contribution in [1.29, 1.82) is 0 Å². The molecular formula is C16H17N3O. The van der Waals surface area contributed by atoms with Gasteiger partial charge in [0.1, 0.15) is 0 Å². The van der Waals surface area contributed by atoms with E-state index in [1.807, 2.05) is 12.1 Å². The second kappa shape index (κ2) is 6.61. The average Bonchev–Trinajstić information content (AvgIpc) is 2.48. The Kier molecular flexibility index (Phi) is 4.60. The maximum Gasteiger partial charge on any atom is 0.272 e. The third kappa shape index (κ3) is 3.75. The molecular weight excluding hydrogens is 250 g/mol. The van der Waals surface area contributed by atoms with E-state index in [1.54, 1.807) is 24.5 Å². The number of hydrogen-bond acceptors (Lipinski definition) is 3. The van der Waals surface area contributed by atoms with E-state index >= 15 is 0 Å². The molecule has 1 aromatic carbocycles. The number of nitrogens with zero attached hydrogens (tertiary/aromatic N) is 2. The number of rotatable bonds is 4. The van der Waals surface area contributed by atoms with E-state index in [-0.39, 0.29) is 5.91 Å². The Balaban J connectivity index is 1.95. The number of nitrogens with one attached hydrogen (secondary N) is 1. The van der Waals surface area contributed by atoms with Crippen molar-refractivity contribution < 1.29 is 4.79 Å². The molecule has 2 aromatic rings. The fourth-order valence-electron chi connectivity index (χ4n) is 1.69. The molecule has 102 valence electrons. The molecule has 0 aliphatic rings. The molecule has 0 saturated heterocycles. The maximum absolute atomic E-state index is 11.7. The van der Waals surface area contributed by atoms with Crippen LogP contribution in [0.4, 0.5) is 0 Å². The molecule has 0 radical (unpaired) electrons. The molecule has 0 fully saturated rings. The first-order chi connectivity index (χ1) is 9.66. The highest BCUT2D eigenvalue weighted by Crippen LogP contribution is 2.13. The molecule has 0 bridgehead atoms. The summed E-state index contributed by atoms with van der Waals surface area (Å²) in [7, 11) is 0. The summed E-state index contributed by atoms with van der Waals surface area (Å²) in [6.45, 7) is 4.30. The van der Waals surface area contributed by atoms with Gasteiger partial charge in [-0.05, 0) is 29.2 Å². The summed E-state index contributed by atoms with van der Waals surface area (Å²) >= 11 is 0. The van der Waals surface area contributed by atoms with Gasteiger partial charge in [-0.2, -0.15) is 5.10 Å². The van der Waals surface area contributed by atoms with Gasteiger partial charge in [0, 0.05) is 12.4 Å². The van der Waals surface area contributed by atoms with Crippen LogP contribution >= 0.6 is 0 Å². The Labute approximate surface area is 118 Å². The molecule has 0 saturated carbocycles. The Morgan fingerprint density at radius 1 is 1.25 bits per heavy atom. The first-order valence-corrected chi connectivity index (χ1v) is 6.50. The second-order valence-corrected chi connectivity index (χ2v) is 4.76. The normalized spacial score (nSPS) is 10.9. The molecule has 1 amide bonds. The van der Waals surface area contributed by atoms with E-state index in [1.165, 1.54) is 11.8 Å². The quantitative estimate of drug-likeness (QED) is 0.684. The minimum atomic E-state index is -0.270. The zero-order valence-corrected chi connectivity index (χ0v) is 11.6. The van der Waals surface area contributed by atoms with E-state index in [0.717, 1.165) is 5.56 Å². The van der Waals surface area contributed by atoms with Crippen molar-refractivity contribution in [3.63, 3.8) is 0 Å². The molecule has 0 atom stereocenters. The minimum Gasteiger partial charge on any atom is -0.267 e. The number of carbonyl (C=O) groups excluding carboxylic acids is 1. The van der Waals surface area contributed by atoms with Crippen LogP contribution in [-0.4, -0.2) is 17.1 Å². The monoisotopic (exact) mass is 267 g/mol. The number of hydrogen-bond donors (Lipinski definition) is 1. The Bertz CT molecular complexity index is 589. The minimum absolute atomic E-state index is 0.270. The summed E-state index contributed by atoms with van der Waals surface area (Å²) in [6.07, 6.45) is 4.75. The number of carbonyl (C=O) groups is 1. The molecule has 0 unspecified atom stereocenters. The molecule has 4 heteroatoms. The summed E-state index contributed by atoms with van der Waals surface area (Å²) in [4.78, 5) is 15.6. The molecule has 0 spiro atoms. The summed E-state index contributed by atoms with van der Waals surface area (Å²) in [5.74, 6) is 0.236. The topological polar surface area (TPSA) is 54.4 Å². The van der Waals surface area contributed by atoms with Crippen LogP contribution in [0.25, 0.3) is 0 Å². The summed E-state index contributed by atoms with van der Waals surface area (Å²) in [6, 6.07) is 11.5. The van der Waals surface area contributed by atoms with Crippen molar-refractivity contribution >= 4 is 12.1 Å². The number of benzene rings is 1. The standard InChI is InChI=1S/C16H17N3O/c1-12(2)14-7-5-13(6-8-14)10-18-19-16(20)15-4-3-9-17-11-15/h3-12H,1-2H3,(H,19,20). The van der Waals surface area contributed by atoms with Crippen LogP contribution in [0.2, 0.25) is 0 Å². The van der Waals surface area contributed by atoms with Gasteiger partial charge in [-0.3, -0.25) is 9.78 Å². The van der Waals surface area contributed by atoms with Crippen LogP contribution in [0.5, 0.6) is 0 Å². The van der Waals surface area contributed by atoms with Gasteiger partial charge < -0.3 is 0 Å². The fraction of sp³-hybridized carbons (Fsp3) is 0.188. The van der Waals surface area contributed by atoms with Crippen LogP contribution in [-0.2, 0) is 0 Å². The lowest BCUT2D eigenvalue weighted by Gasteiger charge is -2.04. The zero-order valence-electron chi connectivity index (χ0n) is 11.6. The molecule has 0 aliphatic carbocycles. The lowest BCUT2D eigenvalue weighted by Crippen LogP contribution is -2.17. The van der Waals surface area contributed by atoms with E-state index in [9.17, 15) is 4.79 Å². The Morgan fingerprint density at radius 3 is 2.60 bits per heavy atom. The van der Waals surface area contributed by atoms with Crippen LogP contribution in [0.15, 0.2) is 53.9 Å². The first kappa shape index (κ1) is 13.9. The molecule has 0 aliphatic heterocycles. The highest BCUT2D eigenvalue weighted by Gasteiger charge is 2.02. The highest BCUT2D eigenvalue weighted by atomic mass is 16.2. The van der Waals surface area contributed by atoms with Crippen molar-refractivity contribution in [2.24, 2.45) is 5.10 Å². The second-order valence-electron chi connectivity index (χ2n) is 4.76. The Hall–Kier alpha value is -2.49. The molecule has 4 nitrogen and oxygen atoms in total. The lowest BCUT2D eigenvalue weighted by atomic mass is 10.0. The van der Waals surface area contributed by atoms with Crippen molar-refractivity contribution in [3.8, 4) is 0 Å². The predicted octanol–water partition coefficient (Wildman–Crippen LogP) is 2.97. The van der Waals surface area contributed by atoms with Crippen molar-refractivity contribution in [1.82, 2.24) is 10.4 Å². The smallest absolute Gasteiger partial charge is 0.267 e. The number of aromatic nitrogens is 1. The van der Waals surface area contributed by atoms with E-state index < -0.39 is 0 Å². The third-order valence-electron chi connectivity index (χ3n) is 2.91. The van der Waals surface area contributed by atoms with Gasteiger partial charge in [0.2, 0.25) is 0 Å². The van der Waals surface area contributed by atoms with Gasteiger partial charge in [-0.15, -0.1) is 0 Å². The van der Waals surface area contributed by atoms with Gasteiger partial charge in [0.05, 0.1) is 11.8 Å².